The molecule has 7 heteroatoms. The van der Waals surface area contributed by atoms with Gasteiger partial charge in [-0.3, -0.25) is 9.00 Å². The molecule has 3 aromatic rings. The monoisotopic (exact) mass is 539 g/mol. The first kappa shape index (κ1) is 29.1. The van der Waals surface area contributed by atoms with Crippen LogP contribution in [0.2, 0.25) is 5.02 Å². The Morgan fingerprint density at radius 1 is 0.946 bits per heavy atom. The average molecular weight is 540 g/mol. The lowest BCUT2D eigenvalue weighted by molar-refractivity contribution is -0.116. The van der Waals surface area contributed by atoms with E-state index in [0.29, 0.717) is 16.3 Å². The Morgan fingerprint density at radius 3 is 1.97 bits per heavy atom. The number of nitrogens with zero attached hydrogens (tertiary/aromatic N) is 1. The van der Waals surface area contributed by atoms with Gasteiger partial charge in [-0.05, 0) is 101 Å². The summed E-state index contributed by atoms with van der Waals surface area (Å²) in [5.74, 6) is -0.571. The zero-order valence-electron chi connectivity index (χ0n) is 22.6. The normalized spacial score (nSPS) is 13.3. The van der Waals surface area contributed by atoms with E-state index in [4.69, 9.17) is 11.6 Å². The maximum Gasteiger partial charge on any atom is 0.243 e. The Kier molecular flexibility index (Phi) is 9.70. The van der Waals surface area contributed by atoms with E-state index < -0.39 is 22.2 Å². The van der Waals surface area contributed by atoms with Gasteiger partial charge in [-0.15, -0.1) is 0 Å². The summed E-state index contributed by atoms with van der Waals surface area (Å²) in [4.78, 5) is 15.5. The van der Waals surface area contributed by atoms with Crippen molar-refractivity contribution in [2.45, 2.75) is 58.2 Å². The predicted molar refractivity (Wildman–Crippen MR) is 154 cm³/mol. The van der Waals surface area contributed by atoms with Crippen molar-refractivity contribution in [3.05, 3.63) is 87.4 Å². The SMILES string of the molecule is Cc1ccc(-c2cc(C(C)C)c(C(C(=O)Nc3ccc(CN(C)C)cc3)S(=O)[O-])c(C(C)C)c2)cc1Cl. The Balaban J connectivity index is 2.09. The average Bonchev–Trinajstić information content (AvgIpc) is 2.81. The minimum Gasteiger partial charge on any atom is -0.771 e. The third kappa shape index (κ3) is 7.08. The van der Waals surface area contributed by atoms with Crippen molar-refractivity contribution < 1.29 is 13.6 Å². The third-order valence-corrected chi connectivity index (χ3v) is 7.65. The summed E-state index contributed by atoms with van der Waals surface area (Å²) in [5.41, 5.74) is 6.78. The second kappa shape index (κ2) is 12.4. The molecule has 0 aromatic heterocycles. The zero-order valence-corrected chi connectivity index (χ0v) is 24.2. The van der Waals surface area contributed by atoms with E-state index in [2.05, 4.69) is 10.2 Å². The summed E-state index contributed by atoms with van der Waals surface area (Å²) in [6, 6.07) is 17.4. The number of rotatable bonds is 9. The van der Waals surface area contributed by atoms with Crippen LogP contribution in [-0.2, 0) is 22.4 Å². The molecule has 37 heavy (non-hydrogen) atoms. The molecule has 0 saturated heterocycles. The number of carbonyl (C=O) groups excluding carboxylic acids is 1. The van der Waals surface area contributed by atoms with E-state index >= 15 is 0 Å². The van der Waals surface area contributed by atoms with Crippen molar-refractivity contribution in [3.63, 3.8) is 0 Å². The maximum absolute atomic E-state index is 13.5. The van der Waals surface area contributed by atoms with Crippen LogP contribution in [-0.4, -0.2) is 33.7 Å². The fraction of sp³-hybridized carbons (Fsp3) is 0.367. The molecule has 1 N–H and O–H groups in total. The number of carbonyl (C=O) groups is 1. The Morgan fingerprint density at radius 2 is 1.51 bits per heavy atom. The number of anilines is 1. The molecule has 198 valence electrons. The van der Waals surface area contributed by atoms with Gasteiger partial charge in [-0.25, -0.2) is 0 Å². The molecule has 5 nitrogen and oxygen atoms in total. The molecule has 2 atom stereocenters. The van der Waals surface area contributed by atoms with Crippen molar-refractivity contribution in [1.82, 2.24) is 4.90 Å². The molecule has 0 radical (unpaired) electrons. The highest BCUT2D eigenvalue weighted by Crippen LogP contribution is 2.39. The molecule has 0 aliphatic carbocycles. The smallest absolute Gasteiger partial charge is 0.243 e. The number of halogens is 1. The van der Waals surface area contributed by atoms with Gasteiger partial charge in [-0.2, -0.15) is 0 Å². The Labute approximate surface area is 228 Å². The molecule has 1 amide bonds. The fourth-order valence-corrected chi connectivity index (χ4v) is 5.36. The molecular formula is C30H36ClN2O3S-. The van der Waals surface area contributed by atoms with Crippen LogP contribution in [0.1, 0.15) is 72.6 Å². The largest absolute Gasteiger partial charge is 0.771 e. The quantitative estimate of drug-likeness (QED) is 0.292. The van der Waals surface area contributed by atoms with E-state index in [9.17, 15) is 13.6 Å². The molecule has 0 heterocycles. The van der Waals surface area contributed by atoms with Crippen LogP contribution < -0.4 is 5.32 Å². The first-order valence-electron chi connectivity index (χ1n) is 12.5. The number of hydrogen-bond donors (Lipinski definition) is 1. The van der Waals surface area contributed by atoms with E-state index in [1.807, 2.05) is 91.2 Å². The molecule has 0 bridgehead atoms. The van der Waals surface area contributed by atoms with Gasteiger partial charge < -0.3 is 14.8 Å². The lowest BCUT2D eigenvalue weighted by Crippen LogP contribution is -2.27. The van der Waals surface area contributed by atoms with Crippen LogP contribution in [0.25, 0.3) is 11.1 Å². The molecule has 0 spiro atoms. The van der Waals surface area contributed by atoms with Gasteiger partial charge in [-0.1, -0.05) is 75.7 Å². The van der Waals surface area contributed by atoms with Gasteiger partial charge >= 0.3 is 0 Å². The molecule has 0 aliphatic rings. The van der Waals surface area contributed by atoms with Gasteiger partial charge in [0.2, 0.25) is 5.91 Å². The highest BCUT2D eigenvalue weighted by Gasteiger charge is 2.30. The number of amides is 1. The second-order valence-electron chi connectivity index (χ2n) is 10.4. The number of hydrogen-bond acceptors (Lipinski definition) is 4. The second-order valence-corrected chi connectivity index (χ2v) is 11.8. The van der Waals surface area contributed by atoms with Gasteiger partial charge in [0, 0.05) is 17.3 Å². The highest BCUT2D eigenvalue weighted by atomic mass is 35.5. The topological polar surface area (TPSA) is 72.5 Å². The van der Waals surface area contributed by atoms with Gasteiger partial charge in [0.05, 0.1) is 0 Å². The molecule has 0 saturated carbocycles. The van der Waals surface area contributed by atoms with Crippen LogP contribution in [0, 0.1) is 6.92 Å². The first-order valence-corrected chi connectivity index (χ1v) is 14.0. The lowest BCUT2D eigenvalue weighted by Gasteiger charge is -2.29. The number of nitrogens with one attached hydrogen (secondary N) is 1. The first-order chi connectivity index (χ1) is 17.4. The van der Waals surface area contributed by atoms with E-state index in [1.54, 1.807) is 12.1 Å². The third-order valence-electron chi connectivity index (χ3n) is 6.41. The summed E-state index contributed by atoms with van der Waals surface area (Å²) in [7, 11) is 3.97. The Hall–Kier alpha value is -2.51. The summed E-state index contributed by atoms with van der Waals surface area (Å²) < 4.78 is 25.2. The van der Waals surface area contributed by atoms with Crippen molar-refractivity contribution in [2.75, 3.05) is 19.4 Å². The van der Waals surface area contributed by atoms with Crippen molar-refractivity contribution in [1.29, 1.82) is 0 Å². The standard InChI is InChI=1S/C30H37ClN2O3S/c1-18(2)25-14-23(22-11-8-20(5)27(31)16-22)15-26(19(3)4)28(25)29(37(35)36)30(34)32-24-12-9-21(10-13-24)17-33(6)7/h8-16,18-19,29H,17H2,1-7H3,(H,32,34)(H,35,36)/p-1. The van der Waals surface area contributed by atoms with Gasteiger partial charge in [0.15, 0.2) is 0 Å². The van der Waals surface area contributed by atoms with Crippen molar-refractivity contribution >= 4 is 34.3 Å². The number of aryl methyl sites for hydroxylation is 1. The fourth-order valence-electron chi connectivity index (χ4n) is 4.48. The molecular weight excluding hydrogens is 504 g/mol. The van der Waals surface area contributed by atoms with Crippen LogP contribution in [0.5, 0.6) is 0 Å². The highest BCUT2D eigenvalue weighted by molar-refractivity contribution is 7.80. The van der Waals surface area contributed by atoms with Gasteiger partial charge in [0.25, 0.3) is 0 Å². The summed E-state index contributed by atoms with van der Waals surface area (Å²) >= 11 is 3.74. The zero-order chi connectivity index (χ0) is 27.4. The Bertz CT molecular complexity index is 1260. The molecule has 3 aromatic carbocycles. The van der Waals surface area contributed by atoms with Crippen molar-refractivity contribution in [2.24, 2.45) is 0 Å². The van der Waals surface area contributed by atoms with E-state index in [1.165, 1.54) is 0 Å². The molecule has 2 unspecified atom stereocenters. The summed E-state index contributed by atoms with van der Waals surface area (Å²) in [6.45, 7) is 10.8. The predicted octanol–water partition coefficient (Wildman–Crippen LogP) is 7.18. The summed E-state index contributed by atoms with van der Waals surface area (Å²) in [6.07, 6.45) is 0. The minimum atomic E-state index is -2.67. The molecule has 3 rings (SSSR count). The minimum absolute atomic E-state index is 0.00228. The van der Waals surface area contributed by atoms with Crippen LogP contribution in [0.15, 0.2) is 54.6 Å². The molecule has 0 aliphatic heterocycles. The van der Waals surface area contributed by atoms with E-state index in [0.717, 1.165) is 39.9 Å². The van der Waals surface area contributed by atoms with Crippen LogP contribution >= 0.6 is 11.6 Å². The van der Waals surface area contributed by atoms with Gasteiger partial charge in [0.1, 0.15) is 5.25 Å². The van der Waals surface area contributed by atoms with Crippen molar-refractivity contribution in [3.8, 4) is 11.1 Å². The molecule has 0 fully saturated rings. The number of benzene rings is 3. The van der Waals surface area contributed by atoms with Crippen LogP contribution in [0.4, 0.5) is 5.69 Å². The lowest BCUT2D eigenvalue weighted by atomic mass is 9.83. The summed E-state index contributed by atoms with van der Waals surface area (Å²) in [5, 5.41) is 2.17. The van der Waals surface area contributed by atoms with Crippen LogP contribution in [0.3, 0.4) is 0 Å². The maximum atomic E-state index is 13.5. The van der Waals surface area contributed by atoms with E-state index in [-0.39, 0.29) is 11.8 Å².